The molecule has 0 atom stereocenters. The molecule has 0 aliphatic heterocycles. The highest BCUT2D eigenvalue weighted by Crippen LogP contribution is 2.28. The maximum Gasteiger partial charge on any atom is 0.211 e. The molecule has 2 aromatic heterocycles. The number of H-pyrrole nitrogens is 2. The molecule has 4 aromatic rings. The number of halogens is 1. The van der Waals surface area contributed by atoms with Gasteiger partial charge in [0.2, 0.25) is 6.41 Å². The number of hydrogen-bond donors (Lipinski definition) is 3. The zero-order valence-electron chi connectivity index (χ0n) is 17.8. The van der Waals surface area contributed by atoms with Crippen molar-refractivity contribution < 1.29 is 9.18 Å². The predicted octanol–water partition coefficient (Wildman–Crippen LogP) is 5.28. The third-order valence-corrected chi connectivity index (χ3v) is 4.34. The number of aromatic nitrogens is 5. The van der Waals surface area contributed by atoms with Crippen molar-refractivity contribution in [2.24, 2.45) is 0 Å². The Kier molecular flexibility index (Phi) is 7.42. The van der Waals surface area contributed by atoms with Gasteiger partial charge in [-0.25, -0.2) is 9.37 Å². The van der Waals surface area contributed by atoms with E-state index in [1.807, 2.05) is 18.2 Å². The van der Waals surface area contributed by atoms with Gasteiger partial charge >= 0.3 is 0 Å². The van der Waals surface area contributed by atoms with Crippen molar-refractivity contribution >= 4 is 28.6 Å². The van der Waals surface area contributed by atoms with Crippen molar-refractivity contribution in [3.05, 3.63) is 90.7 Å². The van der Waals surface area contributed by atoms with Crippen molar-refractivity contribution in [2.45, 2.75) is 13.8 Å². The SMILES string of the molecule is C=C/C=C(\C=C(C)C)c1n[nH]c2ccc(-c3ncn[nH]3)cc12.O=CNc1ccc(F)cc1. The molecule has 0 radical (unpaired) electrons. The number of amides is 1. The molecule has 0 fully saturated rings. The summed E-state index contributed by atoms with van der Waals surface area (Å²) >= 11 is 0. The van der Waals surface area contributed by atoms with Crippen LogP contribution >= 0.6 is 0 Å². The lowest BCUT2D eigenvalue weighted by Crippen LogP contribution is -1.92. The van der Waals surface area contributed by atoms with E-state index < -0.39 is 0 Å². The second-order valence-corrected chi connectivity index (χ2v) is 7.02. The Morgan fingerprint density at radius 1 is 1.12 bits per heavy atom. The molecule has 0 saturated carbocycles. The number of anilines is 1. The van der Waals surface area contributed by atoms with Gasteiger partial charge in [-0.05, 0) is 56.3 Å². The lowest BCUT2D eigenvalue weighted by molar-refractivity contribution is -0.105. The third kappa shape index (κ3) is 5.63. The normalized spacial score (nSPS) is 10.8. The fraction of sp³-hybridized carbons (Fsp3) is 0.0833. The summed E-state index contributed by atoms with van der Waals surface area (Å²) in [5, 5.41) is 17.7. The van der Waals surface area contributed by atoms with Crippen molar-refractivity contribution in [3.8, 4) is 11.4 Å². The lowest BCUT2D eigenvalue weighted by atomic mass is 10.0. The highest BCUT2D eigenvalue weighted by atomic mass is 19.1. The van der Waals surface area contributed by atoms with Crippen LogP contribution in [-0.2, 0) is 4.79 Å². The number of carbonyl (C=O) groups excluding carboxylic acids is 1. The first kappa shape index (κ1) is 22.4. The van der Waals surface area contributed by atoms with Crippen LogP contribution in [0.25, 0.3) is 27.9 Å². The zero-order valence-corrected chi connectivity index (χ0v) is 17.8. The molecule has 0 aliphatic carbocycles. The zero-order chi connectivity index (χ0) is 22.9. The summed E-state index contributed by atoms with van der Waals surface area (Å²) in [6.45, 7) is 7.91. The van der Waals surface area contributed by atoms with Gasteiger partial charge in [0.15, 0.2) is 5.82 Å². The molecule has 4 rings (SSSR count). The monoisotopic (exact) mass is 430 g/mol. The Morgan fingerprint density at radius 2 is 1.91 bits per heavy atom. The summed E-state index contributed by atoms with van der Waals surface area (Å²) in [6, 6.07) is 11.6. The maximum atomic E-state index is 12.2. The van der Waals surface area contributed by atoms with Crippen LogP contribution in [0.4, 0.5) is 10.1 Å². The van der Waals surface area contributed by atoms with E-state index in [2.05, 4.69) is 63.3 Å². The second-order valence-electron chi connectivity index (χ2n) is 7.02. The first-order chi connectivity index (χ1) is 15.5. The van der Waals surface area contributed by atoms with E-state index in [0.29, 0.717) is 12.1 Å². The minimum Gasteiger partial charge on any atom is -0.329 e. The van der Waals surface area contributed by atoms with E-state index >= 15 is 0 Å². The Morgan fingerprint density at radius 3 is 2.53 bits per heavy atom. The van der Waals surface area contributed by atoms with Gasteiger partial charge in [0.05, 0.1) is 11.2 Å². The number of carbonyl (C=O) groups is 1. The molecule has 1 amide bonds. The minimum absolute atomic E-state index is 0.309. The van der Waals surface area contributed by atoms with Crippen LogP contribution in [0.5, 0.6) is 0 Å². The van der Waals surface area contributed by atoms with Crippen LogP contribution in [0.3, 0.4) is 0 Å². The van der Waals surface area contributed by atoms with E-state index in [-0.39, 0.29) is 5.82 Å². The van der Waals surface area contributed by atoms with Crippen molar-refractivity contribution in [1.29, 1.82) is 0 Å². The Hall–Kier alpha value is -4.33. The molecule has 8 heteroatoms. The largest absolute Gasteiger partial charge is 0.329 e. The maximum absolute atomic E-state index is 12.2. The molecule has 2 aromatic carbocycles. The number of nitrogens with one attached hydrogen (secondary N) is 3. The number of aromatic amines is 2. The summed E-state index contributed by atoms with van der Waals surface area (Å²) in [5.74, 6) is 0.432. The molecule has 3 N–H and O–H groups in total. The average molecular weight is 430 g/mol. The van der Waals surface area contributed by atoms with Crippen LogP contribution in [0.1, 0.15) is 19.5 Å². The quantitative estimate of drug-likeness (QED) is 0.286. The predicted molar refractivity (Wildman–Crippen MR) is 125 cm³/mol. The van der Waals surface area contributed by atoms with E-state index in [1.54, 1.807) is 6.08 Å². The van der Waals surface area contributed by atoms with Crippen LogP contribution in [-0.4, -0.2) is 31.8 Å². The number of rotatable bonds is 6. The van der Waals surface area contributed by atoms with E-state index in [1.165, 1.54) is 36.2 Å². The van der Waals surface area contributed by atoms with Gasteiger partial charge in [-0.15, -0.1) is 0 Å². The smallest absolute Gasteiger partial charge is 0.211 e. The molecule has 32 heavy (non-hydrogen) atoms. The van der Waals surface area contributed by atoms with Crippen LogP contribution in [0.2, 0.25) is 0 Å². The molecule has 0 aliphatic rings. The lowest BCUT2D eigenvalue weighted by Gasteiger charge is -2.01. The summed E-state index contributed by atoms with van der Waals surface area (Å²) in [6.07, 6.45) is 7.88. The molecular formula is C24H23FN6O. The van der Waals surface area contributed by atoms with Gasteiger partial charge in [-0.3, -0.25) is 15.0 Å². The summed E-state index contributed by atoms with van der Waals surface area (Å²) in [7, 11) is 0. The molecule has 2 heterocycles. The van der Waals surface area contributed by atoms with Gasteiger partial charge < -0.3 is 5.32 Å². The molecule has 0 saturated heterocycles. The Labute approximate surface area is 184 Å². The second kappa shape index (κ2) is 10.6. The van der Waals surface area contributed by atoms with Crippen molar-refractivity contribution in [3.63, 3.8) is 0 Å². The number of fused-ring (bicyclic) bond motifs is 1. The first-order valence-corrected chi connectivity index (χ1v) is 9.79. The van der Waals surface area contributed by atoms with Gasteiger partial charge in [0.25, 0.3) is 0 Å². The standard InChI is InChI=1S/C17H17N5.C7H6FNO/c1-4-5-12(8-11(2)3)16-14-9-13(17-18-10-19-22-17)6-7-15(14)20-21-16;8-6-1-3-7(4-2-6)9-5-10/h4-10H,1H2,2-3H3,(H,20,21)(H,18,19,22);1-5H,(H,9,10)/b12-5+;. The fourth-order valence-corrected chi connectivity index (χ4v) is 2.97. The first-order valence-electron chi connectivity index (χ1n) is 9.79. The van der Waals surface area contributed by atoms with Gasteiger partial charge in [0, 0.05) is 22.2 Å². The molecule has 7 nitrogen and oxygen atoms in total. The van der Waals surface area contributed by atoms with Crippen molar-refractivity contribution in [2.75, 3.05) is 5.32 Å². The number of benzene rings is 2. The third-order valence-electron chi connectivity index (χ3n) is 4.34. The van der Waals surface area contributed by atoms with Crippen LogP contribution in [0.15, 0.2) is 79.2 Å². The molecule has 0 spiro atoms. The molecule has 0 unspecified atom stereocenters. The van der Waals surface area contributed by atoms with E-state index in [4.69, 9.17) is 0 Å². The average Bonchev–Trinajstić information content (AvgIpc) is 3.45. The molecular weight excluding hydrogens is 407 g/mol. The van der Waals surface area contributed by atoms with Gasteiger partial charge in [-0.2, -0.15) is 10.2 Å². The summed E-state index contributed by atoms with van der Waals surface area (Å²) in [5.41, 5.74) is 5.68. The highest BCUT2D eigenvalue weighted by Gasteiger charge is 2.11. The number of nitrogens with zero attached hydrogens (tertiary/aromatic N) is 3. The fourth-order valence-electron chi connectivity index (χ4n) is 2.97. The van der Waals surface area contributed by atoms with Gasteiger partial charge in [-0.1, -0.05) is 30.4 Å². The van der Waals surface area contributed by atoms with Gasteiger partial charge in [0.1, 0.15) is 12.1 Å². The van der Waals surface area contributed by atoms with Crippen LogP contribution < -0.4 is 5.32 Å². The Bertz CT molecular complexity index is 1250. The van der Waals surface area contributed by atoms with Crippen LogP contribution in [0, 0.1) is 5.82 Å². The van der Waals surface area contributed by atoms with E-state index in [0.717, 1.165) is 33.6 Å². The number of hydrogen-bond acceptors (Lipinski definition) is 4. The Balaban J connectivity index is 0.000000243. The highest BCUT2D eigenvalue weighted by molar-refractivity contribution is 5.95. The van der Waals surface area contributed by atoms with E-state index in [9.17, 15) is 9.18 Å². The summed E-state index contributed by atoms with van der Waals surface area (Å²) in [4.78, 5) is 14.1. The molecule has 0 bridgehead atoms. The topological polar surface area (TPSA) is 99.3 Å². The molecule has 162 valence electrons. The minimum atomic E-state index is -0.309. The number of allylic oxidation sites excluding steroid dienone is 5. The van der Waals surface area contributed by atoms with Crippen molar-refractivity contribution in [1.82, 2.24) is 25.4 Å². The summed E-state index contributed by atoms with van der Waals surface area (Å²) < 4.78 is 12.2.